The van der Waals surface area contributed by atoms with Crippen molar-refractivity contribution < 1.29 is 14.7 Å². The molecule has 5 heteroatoms. The van der Waals surface area contributed by atoms with Gasteiger partial charge in [0.2, 0.25) is 0 Å². The van der Waals surface area contributed by atoms with Crippen LogP contribution in [-0.4, -0.2) is 41.6 Å². The summed E-state index contributed by atoms with van der Waals surface area (Å²) in [7, 11) is 1.81. The molecule has 110 valence electrons. The number of carbonyl (C=O) groups excluding carboxylic acids is 1. The lowest BCUT2D eigenvalue weighted by molar-refractivity contribution is -0.141. The standard InChI is InChI=1S/C14H26N2O3/c1-4-11(13(17)18)9-15-14(19)16(3)12-7-5-6-10(2)8-12/h10-12H,4-9H2,1-3H3,(H,15,19)(H,17,18). The van der Waals surface area contributed by atoms with Crippen molar-refractivity contribution in [2.45, 2.75) is 52.0 Å². The van der Waals surface area contributed by atoms with Gasteiger partial charge in [-0.15, -0.1) is 0 Å². The summed E-state index contributed by atoms with van der Waals surface area (Å²) in [4.78, 5) is 24.6. The van der Waals surface area contributed by atoms with Gasteiger partial charge in [0.15, 0.2) is 0 Å². The molecule has 1 saturated carbocycles. The second kappa shape index (κ2) is 7.36. The maximum Gasteiger partial charge on any atom is 0.317 e. The van der Waals surface area contributed by atoms with E-state index in [4.69, 9.17) is 5.11 Å². The van der Waals surface area contributed by atoms with Gasteiger partial charge >= 0.3 is 12.0 Å². The van der Waals surface area contributed by atoms with Crippen LogP contribution in [0.15, 0.2) is 0 Å². The van der Waals surface area contributed by atoms with Crippen LogP contribution in [0.3, 0.4) is 0 Å². The zero-order chi connectivity index (χ0) is 14.4. The first kappa shape index (κ1) is 15.8. The van der Waals surface area contributed by atoms with Gasteiger partial charge < -0.3 is 15.3 Å². The van der Waals surface area contributed by atoms with Crippen molar-refractivity contribution >= 4 is 12.0 Å². The number of carboxylic acids is 1. The molecule has 0 aromatic heterocycles. The number of hydrogen-bond donors (Lipinski definition) is 2. The molecule has 2 N–H and O–H groups in total. The quantitative estimate of drug-likeness (QED) is 0.805. The van der Waals surface area contributed by atoms with Gasteiger partial charge in [-0.3, -0.25) is 4.79 Å². The Hall–Kier alpha value is -1.26. The summed E-state index contributed by atoms with van der Waals surface area (Å²) in [5.41, 5.74) is 0. The number of rotatable bonds is 5. The second-order valence-electron chi connectivity index (χ2n) is 5.67. The normalized spacial score (nSPS) is 24.6. The first-order chi connectivity index (χ1) is 8.95. The van der Waals surface area contributed by atoms with Crippen LogP contribution in [-0.2, 0) is 4.79 Å². The van der Waals surface area contributed by atoms with Gasteiger partial charge in [0.25, 0.3) is 0 Å². The monoisotopic (exact) mass is 270 g/mol. The number of carbonyl (C=O) groups is 2. The third kappa shape index (κ3) is 4.73. The molecule has 0 aromatic carbocycles. The van der Waals surface area contributed by atoms with E-state index in [1.807, 2.05) is 6.92 Å². The van der Waals surface area contributed by atoms with Gasteiger partial charge in [0.1, 0.15) is 0 Å². The van der Waals surface area contributed by atoms with E-state index in [2.05, 4.69) is 12.2 Å². The number of nitrogens with zero attached hydrogens (tertiary/aromatic N) is 1. The Balaban J connectivity index is 2.41. The predicted molar refractivity (Wildman–Crippen MR) is 74.0 cm³/mol. The highest BCUT2D eigenvalue weighted by Gasteiger charge is 2.26. The van der Waals surface area contributed by atoms with Crippen molar-refractivity contribution in [3.05, 3.63) is 0 Å². The minimum atomic E-state index is -0.850. The Bertz CT molecular complexity index is 320. The zero-order valence-corrected chi connectivity index (χ0v) is 12.2. The number of carboxylic acid groups (broad SMARTS) is 1. The minimum absolute atomic E-state index is 0.154. The Morgan fingerprint density at radius 1 is 1.42 bits per heavy atom. The molecule has 1 aliphatic carbocycles. The Labute approximate surface area is 115 Å². The molecule has 19 heavy (non-hydrogen) atoms. The highest BCUT2D eigenvalue weighted by atomic mass is 16.4. The summed E-state index contributed by atoms with van der Waals surface area (Å²) < 4.78 is 0. The molecule has 3 atom stereocenters. The Kier molecular flexibility index (Phi) is 6.12. The van der Waals surface area contributed by atoms with Crippen LogP contribution < -0.4 is 5.32 Å². The number of nitrogens with one attached hydrogen (secondary N) is 1. The summed E-state index contributed by atoms with van der Waals surface area (Å²) in [6, 6.07) is 0.132. The summed E-state index contributed by atoms with van der Waals surface area (Å²) in [5, 5.41) is 11.7. The van der Waals surface area contributed by atoms with Crippen LogP contribution in [0.2, 0.25) is 0 Å². The molecule has 3 unspecified atom stereocenters. The molecule has 0 heterocycles. The molecule has 1 fully saturated rings. The van der Waals surface area contributed by atoms with E-state index in [9.17, 15) is 9.59 Å². The van der Waals surface area contributed by atoms with Crippen LogP contribution in [0.25, 0.3) is 0 Å². The van der Waals surface area contributed by atoms with Gasteiger partial charge in [-0.05, 0) is 25.2 Å². The second-order valence-corrected chi connectivity index (χ2v) is 5.67. The highest BCUT2D eigenvalue weighted by molar-refractivity contribution is 5.76. The fourth-order valence-electron chi connectivity index (χ4n) is 2.66. The van der Waals surface area contributed by atoms with Gasteiger partial charge in [-0.25, -0.2) is 4.79 Å². The topological polar surface area (TPSA) is 69.6 Å². The van der Waals surface area contributed by atoms with Crippen molar-refractivity contribution in [2.24, 2.45) is 11.8 Å². The summed E-state index contributed by atoms with van der Waals surface area (Å²) >= 11 is 0. The number of amides is 2. The molecule has 0 radical (unpaired) electrons. The molecule has 2 amide bonds. The lowest BCUT2D eigenvalue weighted by Gasteiger charge is -2.34. The molecule has 0 saturated heterocycles. The van der Waals surface area contributed by atoms with Crippen molar-refractivity contribution in [3.63, 3.8) is 0 Å². The molecule has 0 aliphatic heterocycles. The lowest BCUT2D eigenvalue weighted by atomic mass is 9.86. The van der Waals surface area contributed by atoms with Crippen LogP contribution in [0, 0.1) is 11.8 Å². The van der Waals surface area contributed by atoms with Crippen LogP contribution in [0.5, 0.6) is 0 Å². The molecule has 1 rings (SSSR count). The van der Waals surface area contributed by atoms with E-state index in [0.717, 1.165) is 19.3 Å². The van der Waals surface area contributed by atoms with Crippen LogP contribution in [0.4, 0.5) is 4.79 Å². The van der Waals surface area contributed by atoms with Gasteiger partial charge in [-0.2, -0.15) is 0 Å². The molecular weight excluding hydrogens is 244 g/mol. The highest BCUT2D eigenvalue weighted by Crippen LogP contribution is 2.26. The Morgan fingerprint density at radius 2 is 2.11 bits per heavy atom. The van der Waals surface area contributed by atoms with E-state index in [1.54, 1.807) is 11.9 Å². The maximum atomic E-state index is 12.0. The fraction of sp³-hybridized carbons (Fsp3) is 0.857. The number of urea groups is 1. The van der Waals surface area contributed by atoms with Crippen LogP contribution >= 0.6 is 0 Å². The zero-order valence-electron chi connectivity index (χ0n) is 12.2. The van der Waals surface area contributed by atoms with E-state index < -0.39 is 11.9 Å². The predicted octanol–water partition coefficient (Wildman–Crippen LogP) is 2.32. The third-order valence-corrected chi connectivity index (χ3v) is 4.12. The van der Waals surface area contributed by atoms with E-state index >= 15 is 0 Å². The molecule has 1 aliphatic rings. The van der Waals surface area contributed by atoms with Crippen molar-refractivity contribution in [3.8, 4) is 0 Å². The van der Waals surface area contributed by atoms with Gasteiger partial charge in [-0.1, -0.05) is 26.7 Å². The molecule has 0 aromatic rings. The smallest absolute Gasteiger partial charge is 0.317 e. The van der Waals surface area contributed by atoms with E-state index in [0.29, 0.717) is 12.3 Å². The maximum absolute atomic E-state index is 12.0. The molecule has 5 nitrogen and oxygen atoms in total. The van der Waals surface area contributed by atoms with Gasteiger partial charge in [0, 0.05) is 19.6 Å². The van der Waals surface area contributed by atoms with E-state index in [-0.39, 0.29) is 18.6 Å². The Morgan fingerprint density at radius 3 is 2.63 bits per heavy atom. The first-order valence-corrected chi connectivity index (χ1v) is 7.19. The largest absolute Gasteiger partial charge is 0.481 e. The minimum Gasteiger partial charge on any atom is -0.481 e. The number of aliphatic carboxylic acids is 1. The third-order valence-electron chi connectivity index (χ3n) is 4.12. The van der Waals surface area contributed by atoms with Crippen molar-refractivity contribution in [1.82, 2.24) is 10.2 Å². The van der Waals surface area contributed by atoms with Crippen molar-refractivity contribution in [1.29, 1.82) is 0 Å². The average molecular weight is 270 g/mol. The summed E-state index contributed by atoms with van der Waals surface area (Å²) in [6.45, 7) is 4.24. The molecule has 0 bridgehead atoms. The van der Waals surface area contributed by atoms with E-state index in [1.165, 1.54) is 6.42 Å². The summed E-state index contributed by atoms with van der Waals surface area (Å²) in [6.07, 6.45) is 5.02. The summed E-state index contributed by atoms with van der Waals surface area (Å²) in [5.74, 6) is -0.684. The fourth-order valence-corrected chi connectivity index (χ4v) is 2.66. The average Bonchev–Trinajstić information content (AvgIpc) is 2.38. The number of hydrogen-bond acceptors (Lipinski definition) is 2. The van der Waals surface area contributed by atoms with Crippen molar-refractivity contribution in [2.75, 3.05) is 13.6 Å². The first-order valence-electron chi connectivity index (χ1n) is 7.19. The molecular formula is C14H26N2O3. The lowest BCUT2D eigenvalue weighted by Crippen LogP contribution is -2.47. The van der Waals surface area contributed by atoms with Gasteiger partial charge in [0.05, 0.1) is 5.92 Å². The van der Waals surface area contributed by atoms with Crippen LogP contribution in [0.1, 0.15) is 46.0 Å². The molecule has 0 spiro atoms. The SMILES string of the molecule is CCC(CNC(=O)N(C)C1CCCC(C)C1)C(=O)O.